The Kier molecular flexibility index (Phi) is 8.06. The summed E-state index contributed by atoms with van der Waals surface area (Å²) in [6.07, 6.45) is 2.32. The van der Waals surface area contributed by atoms with E-state index in [0.717, 1.165) is 35.5 Å². The Morgan fingerprint density at radius 2 is 2.08 bits per heavy atom. The van der Waals surface area contributed by atoms with Crippen LogP contribution in [0.25, 0.3) is 0 Å². The quantitative estimate of drug-likeness (QED) is 0.358. The molecule has 3 N–H and O–H groups in total. The number of hydrogen-bond acceptors (Lipinski definition) is 11. The summed E-state index contributed by atoms with van der Waals surface area (Å²) < 4.78 is 9.02. The van der Waals surface area contributed by atoms with Gasteiger partial charge in [0.1, 0.15) is 11.4 Å². The Hall–Kier alpha value is -1.92. The zero-order chi connectivity index (χ0) is 18.9. The normalized spacial score (nSPS) is 10.5. The minimum Gasteiger partial charge on any atom is -0.462 e. The van der Waals surface area contributed by atoms with Crippen molar-refractivity contribution in [3.05, 3.63) is 11.8 Å². The molecule has 1 amide bonds. The number of rotatable bonds is 9. The van der Waals surface area contributed by atoms with Gasteiger partial charge in [0.25, 0.3) is 0 Å². The fourth-order valence-corrected chi connectivity index (χ4v) is 3.65. The first-order valence-corrected chi connectivity index (χ1v) is 10.5. The van der Waals surface area contributed by atoms with Crippen molar-refractivity contribution in [2.45, 2.75) is 30.6 Å². The van der Waals surface area contributed by atoms with Crippen molar-refractivity contribution in [1.82, 2.24) is 19.3 Å². The topological polar surface area (TPSA) is 133 Å². The van der Waals surface area contributed by atoms with Crippen LogP contribution >= 0.6 is 35.1 Å². The molecule has 0 aliphatic heterocycles. The van der Waals surface area contributed by atoms with Gasteiger partial charge in [-0.3, -0.25) is 10.1 Å². The summed E-state index contributed by atoms with van der Waals surface area (Å²) in [5.74, 6) is 0.195. The van der Waals surface area contributed by atoms with Gasteiger partial charge in [-0.15, -0.1) is 0 Å². The third kappa shape index (κ3) is 6.11. The molecular weight excluding hydrogens is 396 g/mol. The number of ether oxygens (including phenoxy) is 1. The highest BCUT2D eigenvalue weighted by atomic mass is 32.2. The number of aromatic nitrogens is 4. The zero-order valence-electron chi connectivity index (χ0n) is 14.2. The third-order valence-electron chi connectivity index (χ3n) is 2.71. The van der Waals surface area contributed by atoms with Gasteiger partial charge >= 0.3 is 5.97 Å². The highest BCUT2D eigenvalue weighted by molar-refractivity contribution is 7.99. The second-order valence-electron chi connectivity index (χ2n) is 4.74. The van der Waals surface area contributed by atoms with Crippen LogP contribution in [0.4, 0.5) is 10.9 Å². The maximum absolute atomic E-state index is 12.0. The molecule has 140 valence electrons. The Morgan fingerprint density at radius 3 is 2.77 bits per heavy atom. The molecule has 9 nitrogen and oxygen atoms in total. The first-order chi connectivity index (χ1) is 12.5. The summed E-state index contributed by atoms with van der Waals surface area (Å²) in [6.45, 7) is 4.01. The molecule has 0 aromatic carbocycles. The molecule has 0 fully saturated rings. The monoisotopic (exact) mass is 414 g/mol. The molecule has 0 atom stereocenters. The van der Waals surface area contributed by atoms with Crippen molar-refractivity contribution >= 4 is 57.9 Å². The smallest absolute Gasteiger partial charge is 0.343 e. The van der Waals surface area contributed by atoms with Crippen LogP contribution in [0.5, 0.6) is 0 Å². The van der Waals surface area contributed by atoms with Crippen LogP contribution in [0.1, 0.15) is 30.6 Å². The van der Waals surface area contributed by atoms with Gasteiger partial charge in [-0.1, -0.05) is 30.4 Å². The standard InChI is InChI=1S/C14H18N6O3S3/c1-3-5-24-14-19-13(26-20-14)17-9(21)7-25-12-16-6-8(10(15)18-12)11(22)23-4-2/h6H,3-5,7H2,1-2H3,(H2,15,16,18)(H,17,19,20,21). The van der Waals surface area contributed by atoms with E-state index in [2.05, 4.69) is 31.6 Å². The van der Waals surface area contributed by atoms with Gasteiger partial charge in [0.15, 0.2) is 5.16 Å². The molecule has 0 bridgehead atoms. The van der Waals surface area contributed by atoms with E-state index in [1.807, 2.05) is 0 Å². The van der Waals surface area contributed by atoms with Crippen molar-refractivity contribution in [2.24, 2.45) is 0 Å². The first kappa shape index (κ1) is 20.4. The lowest BCUT2D eigenvalue weighted by Gasteiger charge is -2.05. The Labute approximate surface area is 163 Å². The summed E-state index contributed by atoms with van der Waals surface area (Å²) >= 11 is 3.78. The second kappa shape index (κ2) is 10.3. The molecule has 12 heteroatoms. The van der Waals surface area contributed by atoms with Crippen LogP contribution in [0.3, 0.4) is 0 Å². The number of amides is 1. The van der Waals surface area contributed by atoms with Crippen molar-refractivity contribution < 1.29 is 14.3 Å². The summed E-state index contributed by atoms with van der Waals surface area (Å²) in [5, 5.41) is 4.08. The molecule has 26 heavy (non-hydrogen) atoms. The highest BCUT2D eigenvalue weighted by Gasteiger charge is 2.15. The Morgan fingerprint density at radius 1 is 1.27 bits per heavy atom. The van der Waals surface area contributed by atoms with Crippen LogP contribution in [0.15, 0.2) is 16.5 Å². The molecule has 0 unspecified atom stereocenters. The summed E-state index contributed by atoms with van der Waals surface area (Å²) in [6, 6.07) is 0. The number of thioether (sulfide) groups is 2. The fraction of sp³-hybridized carbons (Fsp3) is 0.429. The SMILES string of the molecule is CCCSc1nsc(NC(=O)CSc2ncc(C(=O)OCC)c(N)n2)n1. The highest BCUT2D eigenvalue weighted by Crippen LogP contribution is 2.21. The Balaban J connectivity index is 1.86. The number of carbonyl (C=O) groups excluding carboxylic acids is 2. The van der Waals surface area contributed by atoms with E-state index in [9.17, 15) is 9.59 Å². The van der Waals surface area contributed by atoms with E-state index in [0.29, 0.717) is 15.4 Å². The number of nitrogens with zero attached hydrogens (tertiary/aromatic N) is 4. The van der Waals surface area contributed by atoms with Crippen LogP contribution in [-0.2, 0) is 9.53 Å². The molecule has 2 aromatic rings. The van der Waals surface area contributed by atoms with E-state index >= 15 is 0 Å². The number of esters is 1. The summed E-state index contributed by atoms with van der Waals surface area (Å²) in [4.78, 5) is 35.9. The maximum Gasteiger partial charge on any atom is 0.343 e. The van der Waals surface area contributed by atoms with Crippen LogP contribution < -0.4 is 11.1 Å². The lowest BCUT2D eigenvalue weighted by molar-refractivity contribution is -0.113. The largest absolute Gasteiger partial charge is 0.462 e. The number of anilines is 2. The lowest BCUT2D eigenvalue weighted by atomic mass is 10.3. The first-order valence-electron chi connectivity index (χ1n) is 7.72. The number of hydrogen-bond donors (Lipinski definition) is 2. The molecular formula is C14H18N6O3S3. The number of nitrogens with one attached hydrogen (secondary N) is 1. The van der Waals surface area contributed by atoms with Gasteiger partial charge in [-0.2, -0.15) is 9.36 Å². The third-order valence-corrected chi connectivity index (χ3v) is 5.37. The molecule has 2 rings (SSSR count). The second-order valence-corrected chi connectivity index (χ2v) is 7.50. The van der Waals surface area contributed by atoms with Gasteiger partial charge in [0.05, 0.1) is 12.4 Å². The molecule has 0 aliphatic rings. The van der Waals surface area contributed by atoms with E-state index < -0.39 is 5.97 Å². The molecule has 0 saturated carbocycles. The number of carbonyl (C=O) groups is 2. The molecule has 0 spiro atoms. The number of nitrogens with two attached hydrogens (primary N) is 1. The molecule has 2 heterocycles. The van der Waals surface area contributed by atoms with Crippen LogP contribution in [-0.4, -0.2) is 49.3 Å². The summed E-state index contributed by atoms with van der Waals surface area (Å²) in [7, 11) is 0. The predicted octanol–water partition coefficient (Wildman–Crippen LogP) is 2.32. The van der Waals surface area contributed by atoms with E-state index in [-0.39, 0.29) is 29.6 Å². The Bertz CT molecular complexity index is 770. The van der Waals surface area contributed by atoms with Crippen molar-refractivity contribution in [2.75, 3.05) is 29.2 Å². The van der Waals surface area contributed by atoms with Crippen LogP contribution in [0.2, 0.25) is 0 Å². The molecule has 0 radical (unpaired) electrons. The van der Waals surface area contributed by atoms with Gasteiger partial charge in [-0.05, 0) is 13.3 Å². The summed E-state index contributed by atoms with van der Waals surface area (Å²) in [5.41, 5.74) is 5.84. The van der Waals surface area contributed by atoms with Crippen LogP contribution in [0, 0.1) is 0 Å². The van der Waals surface area contributed by atoms with E-state index in [1.54, 1.807) is 18.7 Å². The average molecular weight is 415 g/mol. The molecule has 2 aromatic heterocycles. The fourth-order valence-electron chi connectivity index (χ4n) is 1.61. The van der Waals surface area contributed by atoms with Gasteiger partial charge in [-0.25, -0.2) is 14.8 Å². The van der Waals surface area contributed by atoms with E-state index in [1.165, 1.54) is 6.20 Å². The van der Waals surface area contributed by atoms with Crippen molar-refractivity contribution in [1.29, 1.82) is 0 Å². The minimum absolute atomic E-state index is 0.0167. The number of nitrogen functional groups attached to an aromatic ring is 1. The minimum atomic E-state index is -0.577. The predicted molar refractivity (Wildman–Crippen MR) is 103 cm³/mol. The molecule has 0 saturated heterocycles. The van der Waals surface area contributed by atoms with E-state index in [4.69, 9.17) is 10.5 Å². The maximum atomic E-state index is 12.0. The van der Waals surface area contributed by atoms with Gasteiger partial charge in [0.2, 0.25) is 16.2 Å². The van der Waals surface area contributed by atoms with Gasteiger partial charge in [0, 0.05) is 23.5 Å². The van der Waals surface area contributed by atoms with Crippen molar-refractivity contribution in [3.63, 3.8) is 0 Å². The van der Waals surface area contributed by atoms with Crippen molar-refractivity contribution in [3.8, 4) is 0 Å². The lowest BCUT2D eigenvalue weighted by Crippen LogP contribution is -2.15. The molecule has 0 aliphatic carbocycles. The van der Waals surface area contributed by atoms with Gasteiger partial charge < -0.3 is 10.5 Å². The zero-order valence-corrected chi connectivity index (χ0v) is 16.7. The average Bonchev–Trinajstić information content (AvgIpc) is 3.05.